The van der Waals surface area contributed by atoms with Gasteiger partial charge in [0.25, 0.3) is 0 Å². The van der Waals surface area contributed by atoms with E-state index >= 15 is 0 Å². The Morgan fingerprint density at radius 3 is 2.45 bits per heavy atom. The molecule has 3 unspecified atom stereocenters. The van der Waals surface area contributed by atoms with E-state index in [2.05, 4.69) is 26.1 Å². The molecule has 3 rings (SSSR count). The monoisotopic (exact) mass is 273 g/mol. The van der Waals surface area contributed by atoms with Crippen LogP contribution in [-0.4, -0.2) is 17.7 Å². The van der Waals surface area contributed by atoms with Crippen LogP contribution in [0.2, 0.25) is 0 Å². The Hall–Kier alpha value is -1.02. The summed E-state index contributed by atoms with van der Waals surface area (Å²) in [5.74, 6) is 1.25. The molecule has 2 N–H and O–H groups in total. The zero-order valence-electron chi connectivity index (χ0n) is 12.9. The van der Waals surface area contributed by atoms with Crippen molar-refractivity contribution in [3.63, 3.8) is 0 Å². The summed E-state index contributed by atoms with van der Waals surface area (Å²) in [4.78, 5) is 0. The van der Waals surface area contributed by atoms with Crippen LogP contribution in [-0.2, 0) is 6.42 Å². The van der Waals surface area contributed by atoms with E-state index in [4.69, 9.17) is 0 Å². The Bertz CT molecular complexity index is 479. The van der Waals surface area contributed by atoms with Gasteiger partial charge in [0.1, 0.15) is 5.75 Å². The van der Waals surface area contributed by atoms with Crippen LogP contribution in [0.15, 0.2) is 24.3 Å². The minimum atomic E-state index is 0.351. The van der Waals surface area contributed by atoms with Crippen molar-refractivity contribution >= 4 is 0 Å². The largest absolute Gasteiger partial charge is 0.508 e. The Labute approximate surface area is 122 Å². The first-order chi connectivity index (χ1) is 9.43. The van der Waals surface area contributed by atoms with Gasteiger partial charge in [-0.25, -0.2) is 0 Å². The summed E-state index contributed by atoms with van der Waals surface area (Å²) in [6.45, 7) is 8.45. The number of aromatic hydroxyl groups is 1. The van der Waals surface area contributed by atoms with Crippen molar-refractivity contribution in [3.05, 3.63) is 29.8 Å². The fourth-order valence-corrected chi connectivity index (χ4v) is 4.57. The molecule has 2 aliphatic rings. The first-order valence-electron chi connectivity index (χ1n) is 7.95. The van der Waals surface area contributed by atoms with Gasteiger partial charge in [0.15, 0.2) is 0 Å². The molecule has 2 aliphatic carbocycles. The van der Waals surface area contributed by atoms with Crippen molar-refractivity contribution < 1.29 is 5.11 Å². The summed E-state index contributed by atoms with van der Waals surface area (Å²) < 4.78 is 0. The quantitative estimate of drug-likeness (QED) is 0.876. The third kappa shape index (κ3) is 2.05. The van der Waals surface area contributed by atoms with E-state index in [1.165, 1.54) is 24.8 Å². The van der Waals surface area contributed by atoms with Crippen LogP contribution >= 0.6 is 0 Å². The van der Waals surface area contributed by atoms with E-state index in [1.807, 2.05) is 12.1 Å². The summed E-state index contributed by atoms with van der Waals surface area (Å²) in [6, 6.07) is 8.26. The molecule has 3 atom stereocenters. The molecule has 0 heterocycles. The van der Waals surface area contributed by atoms with Gasteiger partial charge in [0.2, 0.25) is 0 Å². The van der Waals surface area contributed by atoms with Gasteiger partial charge in [0, 0.05) is 6.04 Å². The predicted octanol–water partition coefficient (Wildman–Crippen LogP) is 3.74. The molecule has 2 saturated carbocycles. The molecule has 0 aliphatic heterocycles. The SMILES string of the molecule is CC1(C)C2CCC1(C)C(NCCc1ccc(O)cc1)C2. The first kappa shape index (κ1) is 13.9. The second kappa shape index (κ2) is 4.77. The van der Waals surface area contributed by atoms with Gasteiger partial charge in [-0.2, -0.15) is 0 Å². The number of phenolic OH excluding ortho intramolecular Hbond substituents is 1. The summed E-state index contributed by atoms with van der Waals surface area (Å²) in [5, 5.41) is 13.1. The van der Waals surface area contributed by atoms with E-state index in [1.54, 1.807) is 12.1 Å². The van der Waals surface area contributed by atoms with Crippen molar-refractivity contribution in [2.75, 3.05) is 6.54 Å². The maximum absolute atomic E-state index is 9.30. The van der Waals surface area contributed by atoms with Gasteiger partial charge in [-0.05, 0) is 66.7 Å². The molecule has 2 nitrogen and oxygen atoms in total. The highest BCUT2D eigenvalue weighted by atomic mass is 16.3. The normalized spacial score (nSPS) is 34.5. The highest BCUT2D eigenvalue weighted by Crippen LogP contribution is 2.65. The van der Waals surface area contributed by atoms with Crippen molar-refractivity contribution in [2.45, 2.75) is 52.5 Å². The van der Waals surface area contributed by atoms with E-state index in [0.717, 1.165) is 18.9 Å². The van der Waals surface area contributed by atoms with Gasteiger partial charge in [0.05, 0.1) is 0 Å². The zero-order chi connectivity index (χ0) is 14.4. The van der Waals surface area contributed by atoms with Gasteiger partial charge in [-0.1, -0.05) is 32.9 Å². The second-order valence-corrected chi connectivity index (χ2v) is 7.53. The number of benzene rings is 1. The first-order valence-corrected chi connectivity index (χ1v) is 7.95. The number of fused-ring (bicyclic) bond motifs is 2. The molecule has 1 aromatic carbocycles. The summed E-state index contributed by atoms with van der Waals surface area (Å²) >= 11 is 0. The Kier molecular flexibility index (Phi) is 3.32. The highest BCUT2D eigenvalue weighted by molar-refractivity contribution is 5.26. The van der Waals surface area contributed by atoms with Crippen LogP contribution in [0.4, 0.5) is 0 Å². The van der Waals surface area contributed by atoms with Crippen LogP contribution in [0, 0.1) is 16.7 Å². The lowest BCUT2D eigenvalue weighted by Crippen LogP contribution is -2.45. The maximum Gasteiger partial charge on any atom is 0.115 e. The van der Waals surface area contributed by atoms with Crippen LogP contribution in [0.5, 0.6) is 5.75 Å². The minimum Gasteiger partial charge on any atom is -0.508 e. The summed E-state index contributed by atoms with van der Waals surface area (Å²) in [5.41, 5.74) is 2.25. The molecule has 2 heteroatoms. The maximum atomic E-state index is 9.30. The Morgan fingerprint density at radius 1 is 1.20 bits per heavy atom. The van der Waals surface area contributed by atoms with Gasteiger partial charge in [-0.3, -0.25) is 0 Å². The molecule has 110 valence electrons. The lowest BCUT2D eigenvalue weighted by atomic mass is 9.69. The smallest absolute Gasteiger partial charge is 0.115 e. The molecule has 0 aromatic heterocycles. The Balaban J connectivity index is 1.56. The minimum absolute atomic E-state index is 0.351. The third-order valence-electron chi connectivity index (χ3n) is 6.53. The number of phenols is 1. The predicted molar refractivity (Wildman–Crippen MR) is 82.8 cm³/mol. The standard InChI is InChI=1S/C18H27NO/c1-17(2)14-8-10-18(17,3)16(12-14)19-11-9-13-4-6-15(20)7-5-13/h4-7,14,16,19-20H,8-12H2,1-3H3. The van der Waals surface area contributed by atoms with Gasteiger partial charge < -0.3 is 10.4 Å². The van der Waals surface area contributed by atoms with Crippen LogP contribution in [0.1, 0.15) is 45.6 Å². The summed E-state index contributed by atoms with van der Waals surface area (Å²) in [6.07, 6.45) is 5.18. The molecule has 0 saturated heterocycles. The molecular formula is C18H27NO. The third-order valence-corrected chi connectivity index (χ3v) is 6.53. The van der Waals surface area contributed by atoms with Gasteiger partial charge >= 0.3 is 0 Å². The fourth-order valence-electron chi connectivity index (χ4n) is 4.57. The lowest BCUT2D eigenvalue weighted by molar-refractivity contribution is 0.121. The van der Waals surface area contributed by atoms with Crippen LogP contribution in [0.25, 0.3) is 0 Å². The van der Waals surface area contributed by atoms with Crippen molar-refractivity contribution in [3.8, 4) is 5.75 Å². The average molecular weight is 273 g/mol. The van der Waals surface area contributed by atoms with Crippen LogP contribution < -0.4 is 5.32 Å². The fraction of sp³-hybridized carbons (Fsp3) is 0.667. The van der Waals surface area contributed by atoms with Gasteiger partial charge in [-0.15, -0.1) is 0 Å². The average Bonchev–Trinajstić information content (AvgIpc) is 2.74. The van der Waals surface area contributed by atoms with E-state index in [-0.39, 0.29) is 0 Å². The lowest BCUT2D eigenvalue weighted by Gasteiger charge is -2.39. The molecule has 0 radical (unpaired) electrons. The molecule has 20 heavy (non-hydrogen) atoms. The number of nitrogens with one attached hydrogen (secondary N) is 1. The van der Waals surface area contributed by atoms with E-state index in [0.29, 0.717) is 22.6 Å². The highest BCUT2D eigenvalue weighted by Gasteiger charge is 2.60. The van der Waals surface area contributed by atoms with Crippen molar-refractivity contribution in [2.24, 2.45) is 16.7 Å². The molecule has 2 fully saturated rings. The topological polar surface area (TPSA) is 32.3 Å². The zero-order valence-corrected chi connectivity index (χ0v) is 12.9. The summed E-state index contributed by atoms with van der Waals surface area (Å²) in [7, 11) is 0. The number of hydrogen-bond donors (Lipinski definition) is 2. The van der Waals surface area contributed by atoms with Crippen molar-refractivity contribution in [1.82, 2.24) is 5.32 Å². The molecule has 0 amide bonds. The van der Waals surface area contributed by atoms with E-state index < -0.39 is 0 Å². The molecule has 1 aromatic rings. The molecular weight excluding hydrogens is 246 g/mol. The number of rotatable bonds is 4. The van der Waals surface area contributed by atoms with E-state index in [9.17, 15) is 5.11 Å². The van der Waals surface area contributed by atoms with Crippen molar-refractivity contribution in [1.29, 1.82) is 0 Å². The molecule has 2 bridgehead atoms. The Morgan fingerprint density at radius 2 is 1.90 bits per heavy atom. The second-order valence-electron chi connectivity index (χ2n) is 7.53. The van der Waals surface area contributed by atoms with Crippen LogP contribution in [0.3, 0.4) is 0 Å². The number of hydrogen-bond acceptors (Lipinski definition) is 2. The molecule has 0 spiro atoms.